The predicted octanol–water partition coefficient (Wildman–Crippen LogP) is 1.16. The molecule has 1 heterocycles. The van der Waals surface area contributed by atoms with Crippen molar-refractivity contribution in [1.82, 2.24) is 15.3 Å². The number of aliphatic carboxylic acids is 1. The van der Waals surface area contributed by atoms with Gasteiger partial charge in [0.2, 0.25) is 0 Å². The van der Waals surface area contributed by atoms with Gasteiger partial charge in [0.1, 0.15) is 5.69 Å². The Morgan fingerprint density at radius 1 is 1.39 bits per heavy atom. The molecule has 0 aliphatic carbocycles. The van der Waals surface area contributed by atoms with Gasteiger partial charge in [-0.05, 0) is 26.7 Å². The second kappa shape index (κ2) is 6.68. The lowest BCUT2D eigenvalue weighted by Crippen LogP contribution is -2.33. The van der Waals surface area contributed by atoms with Gasteiger partial charge in [-0.15, -0.1) is 0 Å². The Bertz CT molecular complexity index is 417. The summed E-state index contributed by atoms with van der Waals surface area (Å²) in [6.07, 6.45) is 4.23. The minimum atomic E-state index is -0.821. The standard InChI is InChI=1S/C12H17N3O3/c1-8(4-3-5-11(16)17)15-12(18)10-7-13-9(2)6-14-10/h6-8H,3-5H2,1-2H3,(H,15,18)(H,16,17). The van der Waals surface area contributed by atoms with E-state index < -0.39 is 5.97 Å². The average Bonchev–Trinajstić information content (AvgIpc) is 2.29. The van der Waals surface area contributed by atoms with Gasteiger partial charge < -0.3 is 10.4 Å². The molecule has 6 heteroatoms. The Balaban J connectivity index is 2.39. The van der Waals surface area contributed by atoms with Crippen LogP contribution in [-0.4, -0.2) is 33.0 Å². The Kier molecular flexibility index (Phi) is 5.23. The molecule has 0 aromatic carbocycles. The molecule has 0 aliphatic rings. The number of aromatic nitrogens is 2. The SMILES string of the molecule is Cc1cnc(C(=O)NC(C)CCCC(=O)O)cn1. The second-order valence-corrected chi connectivity index (χ2v) is 4.20. The molecule has 6 nitrogen and oxygen atoms in total. The minimum absolute atomic E-state index is 0.0834. The quantitative estimate of drug-likeness (QED) is 0.791. The monoisotopic (exact) mass is 251 g/mol. The molecule has 1 rings (SSSR count). The molecule has 0 aliphatic heterocycles. The lowest BCUT2D eigenvalue weighted by molar-refractivity contribution is -0.137. The van der Waals surface area contributed by atoms with Gasteiger partial charge in [-0.2, -0.15) is 0 Å². The van der Waals surface area contributed by atoms with E-state index in [0.29, 0.717) is 12.8 Å². The first-order valence-electron chi connectivity index (χ1n) is 5.80. The predicted molar refractivity (Wildman–Crippen MR) is 65.2 cm³/mol. The van der Waals surface area contributed by atoms with Crippen LogP contribution in [-0.2, 0) is 4.79 Å². The molecule has 1 aromatic heterocycles. The van der Waals surface area contributed by atoms with Crippen LogP contribution in [0.15, 0.2) is 12.4 Å². The van der Waals surface area contributed by atoms with Crippen LogP contribution in [0.3, 0.4) is 0 Å². The third kappa shape index (κ3) is 4.90. The molecule has 0 saturated heterocycles. The van der Waals surface area contributed by atoms with Gasteiger partial charge in [-0.1, -0.05) is 0 Å². The fraction of sp³-hybridized carbons (Fsp3) is 0.500. The van der Waals surface area contributed by atoms with Gasteiger partial charge in [-0.25, -0.2) is 4.98 Å². The molecular formula is C12H17N3O3. The van der Waals surface area contributed by atoms with E-state index in [4.69, 9.17) is 5.11 Å². The summed E-state index contributed by atoms with van der Waals surface area (Å²) in [5, 5.41) is 11.3. The first-order valence-corrected chi connectivity index (χ1v) is 5.80. The van der Waals surface area contributed by atoms with Crippen LogP contribution in [0.4, 0.5) is 0 Å². The summed E-state index contributed by atoms with van der Waals surface area (Å²) in [7, 11) is 0. The number of carboxylic acid groups (broad SMARTS) is 1. The Labute approximate surface area is 105 Å². The van der Waals surface area contributed by atoms with Crippen LogP contribution in [0.1, 0.15) is 42.4 Å². The number of amides is 1. The Morgan fingerprint density at radius 3 is 2.67 bits per heavy atom. The first kappa shape index (κ1) is 14.1. The molecule has 1 unspecified atom stereocenters. The normalized spacial score (nSPS) is 11.9. The van der Waals surface area contributed by atoms with E-state index in [1.165, 1.54) is 12.4 Å². The summed E-state index contributed by atoms with van der Waals surface area (Å²) in [5.74, 6) is -1.11. The highest BCUT2D eigenvalue weighted by Crippen LogP contribution is 2.02. The third-order valence-corrected chi connectivity index (χ3v) is 2.42. The third-order valence-electron chi connectivity index (χ3n) is 2.42. The molecule has 0 fully saturated rings. The van der Waals surface area contributed by atoms with Crippen LogP contribution in [0.2, 0.25) is 0 Å². The highest BCUT2D eigenvalue weighted by Gasteiger charge is 2.11. The van der Waals surface area contributed by atoms with Gasteiger partial charge >= 0.3 is 5.97 Å². The number of nitrogens with zero attached hydrogens (tertiary/aromatic N) is 2. The molecule has 1 aromatic rings. The summed E-state index contributed by atoms with van der Waals surface area (Å²) < 4.78 is 0. The number of carboxylic acids is 1. The molecule has 1 atom stereocenters. The molecule has 18 heavy (non-hydrogen) atoms. The largest absolute Gasteiger partial charge is 0.481 e. The molecular weight excluding hydrogens is 234 g/mol. The summed E-state index contributed by atoms with van der Waals surface area (Å²) in [6, 6.07) is -0.0834. The van der Waals surface area contributed by atoms with Crippen molar-refractivity contribution < 1.29 is 14.7 Å². The number of rotatable bonds is 6. The summed E-state index contributed by atoms with van der Waals surface area (Å²) in [6.45, 7) is 3.63. The van der Waals surface area contributed by atoms with Crippen molar-refractivity contribution in [3.63, 3.8) is 0 Å². The topological polar surface area (TPSA) is 92.2 Å². The highest BCUT2D eigenvalue weighted by atomic mass is 16.4. The van der Waals surface area contributed by atoms with Gasteiger partial charge in [0.15, 0.2) is 0 Å². The van der Waals surface area contributed by atoms with Crippen molar-refractivity contribution in [3.8, 4) is 0 Å². The van der Waals surface area contributed by atoms with E-state index in [-0.39, 0.29) is 24.1 Å². The Hall–Kier alpha value is -1.98. The van der Waals surface area contributed by atoms with Crippen molar-refractivity contribution in [1.29, 1.82) is 0 Å². The number of carbonyl (C=O) groups excluding carboxylic acids is 1. The zero-order chi connectivity index (χ0) is 13.5. The molecule has 1 amide bonds. The number of nitrogens with one attached hydrogen (secondary N) is 1. The second-order valence-electron chi connectivity index (χ2n) is 4.20. The van der Waals surface area contributed by atoms with Gasteiger partial charge in [0.25, 0.3) is 5.91 Å². The van der Waals surface area contributed by atoms with E-state index in [0.717, 1.165) is 5.69 Å². The fourth-order valence-electron chi connectivity index (χ4n) is 1.44. The van der Waals surface area contributed by atoms with Gasteiger partial charge in [-0.3, -0.25) is 14.6 Å². The zero-order valence-corrected chi connectivity index (χ0v) is 10.5. The number of hydrogen-bond acceptors (Lipinski definition) is 4. The molecule has 0 saturated carbocycles. The summed E-state index contributed by atoms with van der Waals surface area (Å²) >= 11 is 0. The molecule has 98 valence electrons. The summed E-state index contributed by atoms with van der Waals surface area (Å²) in [5.41, 5.74) is 1.02. The van der Waals surface area contributed by atoms with Crippen LogP contribution in [0, 0.1) is 6.92 Å². The lowest BCUT2D eigenvalue weighted by Gasteiger charge is -2.12. The van der Waals surface area contributed by atoms with Crippen molar-refractivity contribution in [3.05, 3.63) is 23.8 Å². The van der Waals surface area contributed by atoms with Crippen molar-refractivity contribution in [2.24, 2.45) is 0 Å². The zero-order valence-electron chi connectivity index (χ0n) is 10.5. The maximum Gasteiger partial charge on any atom is 0.303 e. The molecule has 2 N–H and O–H groups in total. The van der Waals surface area contributed by atoms with Crippen LogP contribution >= 0.6 is 0 Å². The number of hydrogen-bond donors (Lipinski definition) is 2. The molecule has 0 bridgehead atoms. The fourth-order valence-corrected chi connectivity index (χ4v) is 1.44. The molecule has 0 spiro atoms. The van der Waals surface area contributed by atoms with Crippen LogP contribution in [0.5, 0.6) is 0 Å². The maximum atomic E-state index is 11.7. The van der Waals surface area contributed by atoms with Gasteiger partial charge in [0, 0.05) is 18.7 Å². The van der Waals surface area contributed by atoms with Crippen LogP contribution in [0.25, 0.3) is 0 Å². The summed E-state index contributed by atoms with van der Waals surface area (Å²) in [4.78, 5) is 30.0. The van der Waals surface area contributed by atoms with Crippen LogP contribution < -0.4 is 5.32 Å². The van der Waals surface area contributed by atoms with E-state index in [2.05, 4.69) is 15.3 Å². The first-order chi connectivity index (χ1) is 8.49. The smallest absolute Gasteiger partial charge is 0.303 e. The van der Waals surface area contributed by atoms with E-state index in [1.807, 2.05) is 6.92 Å². The van der Waals surface area contributed by atoms with E-state index in [1.54, 1.807) is 6.92 Å². The lowest BCUT2D eigenvalue weighted by atomic mass is 10.1. The van der Waals surface area contributed by atoms with Crippen molar-refractivity contribution in [2.75, 3.05) is 0 Å². The highest BCUT2D eigenvalue weighted by molar-refractivity contribution is 5.92. The molecule has 0 radical (unpaired) electrons. The van der Waals surface area contributed by atoms with E-state index in [9.17, 15) is 9.59 Å². The average molecular weight is 251 g/mol. The van der Waals surface area contributed by atoms with E-state index >= 15 is 0 Å². The van der Waals surface area contributed by atoms with Crippen molar-refractivity contribution in [2.45, 2.75) is 39.2 Å². The maximum absolute atomic E-state index is 11.7. The number of aryl methyl sites for hydroxylation is 1. The minimum Gasteiger partial charge on any atom is -0.481 e. The van der Waals surface area contributed by atoms with Crippen molar-refractivity contribution >= 4 is 11.9 Å². The number of carbonyl (C=O) groups is 2. The van der Waals surface area contributed by atoms with Gasteiger partial charge in [0.05, 0.1) is 11.9 Å². The Morgan fingerprint density at radius 2 is 2.11 bits per heavy atom.